The monoisotopic (exact) mass is 350 g/mol. The molecule has 0 radical (unpaired) electrons. The van der Waals surface area contributed by atoms with Gasteiger partial charge in [-0.1, -0.05) is 18.2 Å². The number of carbonyl (C=O) groups is 1. The second-order valence-corrected chi connectivity index (χ2v) is 5.91. The number of carbonyl (C=O) groups excluding carboxylic acids is 1. The van der Waals surface area contributed by atoms with E-state index in [4.69, 9.17) is 4.74 Å². The largest absolute Gasteiger partial charge is 0.494 e. The molecule has 0 fully saturated rings. The Balaban J connectivity index is 1.42. The fraction of sp³-hybridized carbons (Fsp3) is 0.250. The first-order chi connectivity index (χ1) is 12.7. The van der Waals surface area contributed by atoms with Gasteiger partial charge in [0.2, 0.25) is 5.91 Å². The van der Waals surface area contributed by atoms with E-state index in [1.165, 1.54) is 0 Å². The highest BCUT2D eigenvalue weighted by atomic mass is 16.5. The molecule has 3 aromatic rings. The zero-order valence-electron chi connectivity index (χ0n) is 14.8. The summed E-state index contributed by atoms with van der Waals surface area (Å²) in [5.41, 5.74) is 0.997. The van der Waals surface area contributed by atoms with Gasteiger partial charge in [-0.05, 0) is 43.2 Å². The standard InChI is InChI=1S/C20H22N4O2/c1-16-21-11-12-24(16)19-14-17(9-10-22-19)15-23-20(25)8-5-13-26-18-6-3-2-4-7-18/h2-4,6-7,9-12,14H,5,8,13,15H2,1H3,(H,23,25). The van der Waals surface area contributed by atoms with Crippen LogP contribution in [-0.2, 0) is 11.3 Å². The summed E-state index contributed by atoms with van der Waals surface area (Å²) in [5.74, 6) is 2.51. The van der Waals surface area contributed by atoms with Crippen molar-refractivity contribution in [2.75, 3.05) is 6.61 Å². The molecule has 0 saturated carbocycles. The molecule has 134 valence electrons. The van der Waals surface area contributed by atoms with Crippen molar-refractivity contribution in [3.8, 4) is 11.6 Å². The summed E-state index contributed by atoms with van der Waals surface area (Å²) in [6, 6.07) is 13.5. The molecule has 0 aliphatic heterocycles. The zero-order chi connectivity index (χ0) is 18.2. The summed E-state index contributed by atoms with van der Waals surface area (Å²) >= 11 is 0. The van der Waals surface area contributed by atoms with Crippen LogP contribution in [0.2, 0.25) is 0 Å². The van der Waals surface area contributed by atoms with Crippen LogP contribution in [0.5, 0.6) is 5.75 Å². The fourth-order valence-corrected chi connectivity index (χ4v) is 2.55. The van der Waals surface area contributed by atoms with Crippen LogP contribution in [0.1, 0.15) is 24.2 Å². The maximum absolute atomic E-state index is 12.0. The topological polar surface area (TPSA) is 69.0 Å². The van der Waals surface area contributed by atoms with Gasteiger partial charge >= 0.3 is 0 Å². The van der Waals surface area contributed by atoms with E-state index in [-0.39, 0.29) is 5.91 Å². The molecule has 0 spiro atoms. The summed E-state index contributed by atoms with van der Waals surface area (Å²) in [6.45, 7) is 2.92. The highest BCUT2D eigenvalue weighted by Gasteiger charge is 2.05. The number of hydrogen-bond donors (Lipinski definition) is 1. The Labute approximate surface area is 152 Å². The summed E-state index contributed by atoms with van der Waals surface area (Å²) in [5, 5.41) is 2.94. The molecule has 6 heteroatoms. The lowest BCUT2D eigenvalue weighted by Gasteiger charge is -2.09. The third-order valence-electron chi connectivity index (χ3n) is 3.93. The summed E-state index contributed by atoms with van der Waals surface area (Å²) in [6.07, 6.45) is 6.46. The van der Waals surface area contributed by atoms with E-state index in [1.807, 2.05) is 60.2 Å². The molecule has 0 unspecified atom stereocenters. The van der Waals surface area contributed by atoms with Crippen LogP contribution in [0.25, 0.3) is 5.82 Å². The molecule has 1 N–H and O–H groups in total. The lowest BCUT2D eigenvalue weighted by Crippen LogP contribution is -2.23. The Morgan fingerprint density at radius 2 is 2.00 bits per heavy atom. The quantitative estimate of drug-likeness (QED) is 0.634. The van der Waals surface area contributed by atoms with Gasteiger partial charge in [0.25, 0.3) is 0 Å². The molecular formula is C20H22N4O2. The second-order valence-electron chi connectivity index (χ2n) is 5.91. The molecule has 6 nitrogen and oxygen atoms in total. The predicted molar refractivity (Wildman–Crippen MR) is 99.1 cm³/mol. The van der Waals surface area contributed by atoms with Crippen LogP contribution in [0, 0.1) is 6.92 Å². The van der Waals surface area contributed by atoms with Crippen molar-refractivity contribution in [2.45, 2.75) is 26.3 Å². The molecule has 0 saturated heterocycles. The number of hydrogen-bond acceptors (Lipinski definition) is 4. The Hall–Kier alpha value is -3.15. The molecular weight excluding hydrogens is 328 g/mol. The van der Waals surface area contributed by atoms with Crippen LogP contribution >= 0.6 is 0 Å². The average Bonchev–Trinajstić information content (AvgIpc) is 3.11. The van der Waals surface area contributed by atoms with Gasteiger partial charge < -0.3 is 10.1 Å². The van der Waals surface area contributed by atoms with Crippen molar-refractivity contribution in [1.29, 1.82) is 0 Å². The molecule has 2 heterocycles. The van der Waals surface area contributed by atoms with E-state index < -0.39 is 0 Å². The van der Waals surface area contributed by atoms with Crippen LogP contribution in [-0.4, -0.2) is 27.0 Å². The van der Waals surface area contributed by atoms with E-state index in [0.717, 1.165) is 23.0 Å². The number of aromatic nitrogens is 3. The molecule has 0 aliphatic carbocycles. The normalized spacial score (nSPS) is 10.5. The van der Waals surface area contributed by atoms with E-state index >= 15 is 0 Å². The average molecular weight is 350 g/mol. The number of pyridine rings is 1. The van der Waals surface area contributed by atoms with Gasteiger partial charge in [-0.25, -0.2) is 9.97 Å². The van der Waals surface area contributed by atoms with E-state index in [0.29, 0.717) is 26.0 Å². The number of amides is 1. The maximum atomic E-state index is 12.0. The van der Waals surface area contributed by atoms with Crippen molar-refractivity contribution >= 4 is 5.91 Å². The first-order valence-electron chi connectivity index (χ1n) is 8.62. The SMILES string of the molecule is Cc1nccn1-c1cc(CNC(=O)CCCOc2ccccc2)ccn1. The third-order valence-corrected chi connectivity index (χ3v) is 3.93. The van der Waals surface area contributed by atoms with Crippen molar-refractivity contribution in [1.82, 2.24) is 19.9 Å². The molecule has 26 heavy (non-hydrogen) atoms. The van der Waals surface area contributed by atoms with Crippen molar-refractivity contribution in [3.05, 3.63) is 72.4 Å². The number of ether oxygens (including phenoxy) is 1. The van der Waals surface area contributed by atoms with Crippen molar-refractivity contribution in [3.63, 3.8) is 0 Å². The summed E-state index contributed by atoms with van der Waals surface area (Å²) in [7, 11) is 0. The predicted octanol–water partition coefficient (Wildman–Crippen LogP) is 3.05. The lowest BCUT2D eigenvalue weighted by molar-refractivity contribution is -0.121. The first kappa shape index (κ1) is 17.7. The maximum Gasteiger partial charge on any atom is 0.220 e. The minimum absolute atomic E-state index is 0.0128. The number of aryl methyl sites for hydroxylation is 1. The van der Waals surface area contributed by atoms with Gasteiger partial charge in [-0.15, -0.1) is 0 Å². The molecule has 1 aromatic carbocycles. The Kier molecular flexibility index (Phi) is 5.98. The molecule has 0 atom stereocenters. The van der Waals surface area contributed by atoms with Gasteiger partial charge in [-0.2, -0.15) is 0 Å². The lowest BCUT2D eigenvalue weighted by atomic mass is 10.2. The number of rotatable bonds is 8. The third kappa shape index (κ3) is 4.92. The van der Waals surface area contributed by atoms with Crippen molar-refractivity contribution < 1.29 is 9.53 Å². The highest BCUT2D eigenvalue weighted by Crippen LogP contribution is 2.10. The molecule has 1 amide bonds. The fourth-order valence-electron chi connectivity index (χ4n) is 2.55. The van der Waals surface area contributed by atoms with Crippen LogP contribution in [0.15, 0.2) is 61.1 Å². The molecule has 0 bridgehead atoms. The Bertz CT molecular complexity index is 846. The first-order valence-corrected chi connectivity index (χ1v) is 8.62. The summed E-state index contributed by atoms with van der Waals surface area (Å²) in [4.78, 5) is 20.6. The van der Waals surface area contributed by atoms with Gasteiger partial charge in [0.15, 0.2) is 0 Å². The Morgan fingerprint density at radius 1 is 1.15 bits per heavy atom. The van der Waals surface area contributed by atoms with E-state index in [9.17, 15) is 4.79 Å². The van der Waals surface area contributed by atoms with Crippen LogP contribution in [0.3, 0.4) is 0 Å². The van der Waals surface area contributed by atoms with Gasteiger partial charge in [0.05, 0.1) is 6.61 Å². The van der Waals surface area contributed by atoms with Gasteiger partial charge in [-0.3, -0.25) is 9.36 Å². The number of nitrogens with one attached hydrogen (secondary N) is 1. The smallest absolute Gasteiger partial charge is 0.220 e. The minimum Gasteiger partial charge on any atom is -0.494 e. The second kappa shape index (κ2) is 8.80. The van der Waals surface area contributed by atoms with E-state index in [1.54, 1.807) is 12.4 Å². The zero-order valence-corrected chi connectivity index (χ0v) is 14.8. The number of benzene rings is 1. The van der Waals surface area contributed by atoms with E-state index in [2.05, 4.69) is 15.3 Å². The number of nitrogens with zero attached hydrogens (tertiary/aromatic N) is 3. The van der Waals surface area contributed by atoms with Crippen molar-refractivity contribution in [2.24, 2.45) is 0 Å². The number of imidazole rings is 1. The molecule has 3 rings (SSSR count). The highest BCUT2D eigenvalue weighted by molar-refractivity contribution is 5.75. The minimum atomic E-state index is 0.0128. The van der Waals surface area contributed by atoms with Gasteiger partial charge in [0.1, 0.15) is 17.4 Å². The van der Waals surface area contributed by atoms with Gasteiger partial charge in [0, 0.05) is 31.6 Å². The number of para-hydroxylation sites is 1. The Morgan fingerprint density at radius 3 is 2.77 bits per heavy atom. The molecule has 0 aliphatic rings. The molecule has 2 aromatic heterocycles. The van der Waals surface area contributed by atoms with Crippen LogP contribution < -0.4 is 10.1 Å². The van der Waals surface area contributed by atoms with Crippen LogP contribution in [0.4, 0.5) is 0 Å². The summed E-state index contributed by atoms with van der Waals surface area (Å²) < 4.78 is 7.50.